The third-order valence-electron chi connectivity index (χ3n) is 11.6. The van der Waals surface area contributed by atoms with Gasteiger partial charge in [0.2, 0.25) is 0 Å². The molecule has 0 aromatic heterocycles. The first kappa shape index (κ1) is 59.4. The van der Waals surface area contributed by atoms with Crippen LogP contribution in [0.1, 0.15) is 271 Å². The maximum absolute atomic E-state index is 12.8. The fraction of sp³-hybridized carbons (Fsp3) is 0.804. The standard InChI is InChI=1S/C56H100O6/c1-4-7-10-13-16-19-22-25-28-29-32-34-37-40-43-46-49-55(58)61-52-53(62-56(59)50-47-44-41-38-35-31-27-24-21-18-15-12-9-6-3)51-60-54(57)48-45-42-39-36-33-30-26-23-20-17-14-11-8-5-2/h7,10,16,19,25,28,31,35,53H,4-6,8-9,11-15,17-18,20-24,26-27,29-30,32-34,36-52H2,1-3H3/b10-7-,19-16-,28-25-,35-31-. The van der Waals surface area contributed by atoms with Crippen LogP contribution in [-0.4, -0.2) is 37.2 Å². The van der Waals surface area contributed by atoms with Crippen LogP contribution in [0.25, 0.3) is 0 Å². The number of carbonyl (C=O) groups excluding carboxylic acids is 3. The molecule has 0 rings (SSSR count). The van der Waals surface area contributed by atoms with E-state index in [1.807, 2.05) is 0 Å². The fourth-order valence-corrected chi connectivity index (χ4v) is 7.57. The van der Waals surface area contributed by atoms with Gasteiger partial charge >= 0.3 is 17.9 Å². The number of ether oxygens (including phenoxy) is 3. The van der Waals surface area contributed by atoms with Crippen molar-refractivity contribution in [2.24, 2.45) is 0 Å². The van der Waals surface area contributed by atoms with Gasteiger partial charge < -0.3 is 14.2 Å². The van der Waals surface area contributed by atoms with Gasteiger partial charge in [0.15, 0.2) is 6.10 Å². The van der Waals surface area contributed by atoms with Gasteiger partial charge in [0, 0.05) is 19.3 Å². The van der Waals surface area contributed by atoms with E-state index in [0.29, 0.717) is 19.3 Å². The Morgan fingerprint density at radius 1 is 0.339 bits per heavy atom. The van der Waals surface area contributed by atoms with E-state index in [1.54, 1.807) is 0 Å². The number of hydrogen-bond acceptors (Lipinski definition) is 6. The first-order valence-corrected chi connectivity index (χ1v) is 26.6. The molecule has 0 radical (unpaired) electrons. The summed E-state index contributed by atoms with van der Waals surface area (Å²) < 4.78 is 16.8. The van der Waals surface area contributed by atoms with Crippen molar-refractivity contribution in [3.8, 4) is 0 Å². The highest BCUT2D eigenvalue weighted by Gasteiger charge is 2.19. The van der Waals surface area contributed by atoms with Crippen molar-refractivity contribution in [3.63, 3.8) is 0 Å². The predicted octanol–water partition coefficient (Wildman–Crippen LogP) is 17.5. The number of rotatable bonds is 48. The van der Waals surface area contributed by atoms with Gasteiger partial charge in [-0.1, -0.05) is 223 Å². The highest BCUT2D eigenvalue weighted by atomic mass is 16.6. The van der Waals surface area contributed by atoms with Gasteiger partial charge in [0.1, 0.15) is 13.2 Å². The first-order chi connectivity index (χ1) is 30.5. The molecule has 0 fully saturated rings. The van der Waals surface area contributed by atoms with Crippen molar-refractivity contribution in [1.82, 2.24) is 0 Å². The molecule has 1 atom stereocenters. The smallest absolute Gasteiger partial charge is 0.306 e. The molecule has 6 heteroatoms. The Kier molecular flexibility index (Phi) is 48.8. The average molecular weight is 869 g/mol. The number of hydrogen-bond donors (Lipinski definition) is 0. The molecule has 0 amide bonds. The summed E-state index contributed by atoms with van der Waals surface area (Å²) in [5.41, 5.74) is 0. The zero-order valence-corrected chi connectivity index (χ0v) is 41.1. The van der Waals surface area contributed by atoms with E-state index in [1.165, 1.54) is 135 Å². The zero-order chi connectivity index (χ0) is 45.1. The van der Waals surface area contributed by atoms with E-state index in [2.05, 4.69) is 69.4 Å². The van der Waals surface area contributed by atoms with Gasteiger partial charge in [-0.15, -0.1) is 0 Å². The second-order valence-electron chi connectivity index (χ2n) is 17.8. The molecule has 6 nitrogen and oxygen atoms in total. The van der Waals surface area contributed by atoms with Crippen molar-refractivity contribution in [2.45, 2.75) is 277 Å². The number of unbranched alkanes of at least 4 members (excludes halogenated alkanes) is 29. The molecule has 0 aliphatic carbocycles. The maximum atomic E-state index is 12.8. The third kappa shape index (κ3) is 48.4. The fourth-order valence-electron chi connectivity index (χ4n) is 7.57. The quantitative estimate of drug-likeness (QED) is 0.0262. The van der Waals surface area contributed by atoms with Crippen molar-refractivity contribution >= 4 is 17.9 Å². The topological polar surface area (TPSA) is 78.9 Å². The molecular weight excluding hydrogens is 769 g/mol. The Labute approximate surface area is 384 Å². The van der Waals surface area contributed by atoms with Gasteiger partial charge in [-0.05, 0) is 77.0 Å². The summed E-state index contributed by atoms with van der Waals surface area (Å²) >= 11 is 0. The van der Waals surface area contributed by atoms with Crippen LogP contribution >= 0.6 is 0 Å². The molecule has 0 spiro atoms. The lowest BCUT2D eigenvalue weighted by Gasteiger charge is -2.18. The summed E-state index contributed by atoms with van der Waals surface area (Å²) in [6.45, 7) is 6.52. The van der Waals surface area contributed by atoms with Crippen LogP contribution < -0.4 is 0 Å². The van der Waals surface area contributed by atoms with Gasteiger partial charge in [0.05, 0.1) is 0 Å². The molecule has 0 heterocycles. The Bertz CT molecular complexity index is 1090. The van der Waals surface area contributed by atoms with Crippen LogP contribution in [0, 0.1) is 0 Å². The van der Waals surface area contributed by atoms with Crippen LogP contribution in [-0.2, 0) is 28.6 Å². The maximum Gasteiger partial charge on any atom is 0.306 e. The van der Waals surface area contributed by atoms with Gasteiger partial charge in [-0.25, -0.2) is 0 Å². The van der Waals surface area contributed by atoms with Crippen molar-refractivity contribution < 1.29 is 28.6 Å². The van der Waals surface area contributed by atoms with E-state index in [9.17, 15) is 14.4 Å². The van der Waals surface area contributed by atoms with Gasteiger partial charge in [-0.3, -0.25) is 14.4 Å². The van der Waals surface area contributed by atoms with Crippen LogP contribution in [0.2, 0.25) is 0 Å². The Hall–Kier alpha value is -2.63. The lowest BCUT2D eigenvalue weighted by Crippen LogP contribution is -2.30. The Balaban J connectivity index is 4.39. The molecule has 0 saturated heterocycles. The monoisotopic (exact) mass is 869 g/mol. The van der Waals surface area contributed by atoms with E-state index in [4.69, 9.17) is 14.2 Å². The number of allylic oxidation sites excluding steroid dienone is 8. The summed E-state index contributed by atoms with van der Waals surface area (Å²) in [5, 5.41) is 0. The zero-order valence-electron chi connectivity index (χ0n) is 41.1. The third-order valence-corrected chi connectivity index (χ3v) is 11.6. The Morgan fingerprint density at radius 3 is 1.02 bits per heavy atom. The molecule has 360 valence electrons. The predicted molar refractivity (Wildman–Crippen MR) is 265 cm³/mol. The summed E-state index contributed by atoms with van der Waals surface area (Å²) in [6.07, 6.45) is 60.9. The summed E-state index contributed by atoms with van der Waals surface area (Å²) in [7, 11) is 0. The second-order valence-corrected chi connectivity index (χ2v) is 17.8. The van der Waals surface area contributed by atoms with Crippen molar-refractivity contribution in [2.75, 3.05) is 13.2 Å². The average Bonchev–Trinajstić information content (AvgIpc) is 3.27. The minimum atomic E-state index is -0.783. The van der Waals surface area contributed by atoms with Crippen LogP contribution in [0.5, 0.6) is 0 Å². The SMILES string of the molecule is CC/C=C\C/C=C\C/C=C\CCCCCCCCC(=O)OCC(COC(=O)CCCCCCCCCCCCCCCC)OC(=O)CCCCC/C=C\CCCCCCCCC. The molecule has 62 heavy (non-hydrogen) atoms. The van der Waals surface area contributed by atoms with E-state index in [-0.39, 0.29) is 31.1 Å². The highest BCUT2D eigenvalue weighted by molar-refractivity contribution is 5.71. The molecule has 0 aromatic rings. The van der Waals surface area contributed by atoms with Gasteiger partial charge in [0.25, 0.3) is 0 Å². The van der Waals surface area contributed by atoms with Crippen molar-refractivity contribution in [3.05, 3.63) is 48.6 Å². The molecule has 0 bridgehead atoms. The minimum Gasteiger partial charge on any atom is -0.462 e. The summed E-state index contributed by atoms with van der Waals surface area (Å²) in [6, 6.07) is 0. The lowest BCUT2D eigenvalue weighted by atomic mass is 10.0. The lowest BCUT2D eigenvalue weighted by molar-refractivity contribution is -0.167. The van der Waals surface area contributed by atoms with E-state index >= 15 is 0 Å². The first-order valence-electron chi connectivity index (χ1n) is 26.6. The minimum absolute atomic E-state index is 0.0808. The molecule has 0 aliphatic rings. The Morgan fingerprint density at radius 2 is 0.629 bits per heavy atom. The largest absolute Gasteiger partial charge is 0.462 e. The van der Waals surface area contributed by atoms with Crippen molar-refractivity contribution in [1.29, 1.82) is 0 Å². The summed E-state index contributed by atoms with van der Waals surface area (Å²) in [4.78, 5) is 38.0. The van der Waals surface area contributed by atoms with Crippen LogP contribution in [0.4, 0.5) is 0 Å². The molecule has 0 saturated carbocycles. The molecule has 1 unspecified atom stereocenters. The molecule has 0 aromatic carbocycles. The second kappa shape index (κ2) is 51.0. The van der Waals surface area contributed by atoms with Crippen LogP contribution in [0.15, 0.2) is 48.6 Å². The number of esters is 3. The molecular formula is C56H100O6. The number of carbonyl (C=O) groups is 3. The van der Waals surface area contributed by atoms with Gasteiger partial charge in [-0.2, -0.15) is 0 Å². The highest BCUT2D eigenvalue weighted by Crippen LogP contribution is 2.15. The normalized spacial score (nSPS) is 12.4. The van der Waals surface area contributed by atoms with Crippen LogP contribution in [0.3, 0.4) is 0 Å². The molecule has 0 aliphatic heterocycles. The summed E-state index contributed by atoms with van der Waals surface area (Å²) in [5.74, 6) is -0.901. The van der Waals surface area contributed by atoms with E-state index < -0.39 is 6.10 Å². The molecule has 0 N–H and O–H groups in total. The van der Waals surface area contributed by atoms with E-state index in [0.717, 1.165) is 96.3 Å².